The fourth-order valence-corrected chi connectivity index (χ4v) is 2.63. The van der Waals surface area contributed by atoms with Crippen molar-refractivity contribution in [1.82, 2.24) is 4.72 Å². The third-order valence-corrected chi connectivity index (χ3v) is 3.65. The van der Waals surface area contributed by atoms with Crippen molar-refractivity contribution in [3.05, 3.63) is 54.0 Å². The van der Waals surface area contributed by atoms with Gasteiger partial charge in [-0.3, -0.25) is 0 Å². The van der Waals surface area contributed by atoms with Gasteiger partial charge in [-0.05, 0) is 29.8 Å². The Bertz CT molecular complexity index is 606. The van der Waals surface area contributed by atoms with E-state index in [1.807, 2.05) is 0 Å². The number of hydrogen-bond acceptors (Lipinski definition) is 4. The number of nitrogens with one attached hydrogen (secondary N) is 1. The van der Waals surface area contributed by atoms with Crippen LogP contribution in [0.15, 0.2) is 47.1 Å². The standard InChI is InChI=1S/C12H14N2O3S/c13-11-4-1-3-10(7-11)9-18(15,16)14-8-12-5-2-6-17-12/h1-7,14H,8-9,13H2. The Labute approximate surface area is 106 Å². The van der Waals surface area contributed by atoms with Crippen LogP contribution in [-0.4, -0.2) is 8.42 Å². The Morgan fingerprint density at radius 3 is 2.72 bits per heavy atom. The van der Waals surface area contributed by atoms with Gasteiger partial charge >= 0.3 is 0 Å². The van der Waals surface area contributed by atoms with Crippen LogP contribution >= 0.6 is 0 Å². The summed E-state index contributed by atoms with van der Waals surface area (Å²) >= 11 is 0. The molecule has 3 N–H and O–H groups in total. The summed E-state index contributed by atoms with van der Waals surface area (Å²) in [6.45, 7) is 0.150. The lowest BCUT2D eigenvalue weighted by molar-refractivity contribution is 0.498. The highest BCUT2D eigenvalue weighted by Crippen LogP contribution is 2.10. The van der Waals surface area contributed by atoms with E-state index in [0.29, 0.717) is 17.0 Å². The molecule has 0 aliphatic heterocycles. The number of nitrogen functional groups attached to an aromatic ring is 1. The number of rotatable bonds is 5. The van der Waals surface area contributed by atoms with Crippen LogP contribution in [0.5, 0.6) is 0 Å². The van der Waals surface area contributed by atoms with Crippen LogP contribution in [0.25, 0.3) is 0 Å². The zero-order chi connectivity index (χ0) is 13.0. The number of anilines is 1. The van der Waals surface area contributed by atoms with Crippen molar-refractivity contribution in [2.24, 2.45) is 0 Å². The highest BCUT2D eigenvalue weighted by atomic mass is 32.2. The second-order valence-corrected chi connectivity index (χ2v) is 5.71. The van der Waals surface area contributed by atoms with Crippen molar-refractivity contribution in [3.8, 4) is 0 Å². The van der Waals surface area contributed by atoms with Crippen molar-refractivity contribution >= 4 is 15.7 Å². The van der Waals surface area contributed by atoms with Gasteiger partial charge in [0.1, 0.15) is 5.76 Å². The van der Waals surface area contributed by atoms with Gasteiger partial charge in [0.25, 0.3) is 0 Å². The maximum absolute atomic E-state index is 11.8. The van der Waals surface area contributed by atoms with E-state index in [9.17, 15) is 8.42 Å². The fraction of sp³-hybridized carbons (Fsp3) is 0.167. The summed E-state index contributed by atoms with van der Waals surface area (Å²) in [6, 6.07) is 10.2. The first kappa shape index (κ1) is 12.7. The van der Waals surface area contributed by atoms with E-state index in [1.54, 1.807) is 36.4 Å². The van der Waals surface area contributed by atoms with Crippen LogP contribution in [0.4, 0.5) is 5.69 Å². The van der Waals surface area contributed by atoms with Crippen LogP contribution in [0.3, 0.4) is 0 Å². The van der Waals surface area contributed by atoms with E-state index < -0.39 is 10.0 Å². The molecule has 6 heteroatoms. The molecular weight excluding hydrogens is 252 g/mol. The van der Waals surface area contributed by atoms with Gasteiger partial charge in [-0.25, -0.2) is 13.1 Å². The summed E-state index contributed by atoms with van der Waals surface area (Å²) in [5, 5.41) is 0. The summed E-state index contributed by atoms with van der Waals surface area (Å²) in [5.74, 6) is 0.477. The first-order valence-corrected chi connectivity index (χ1v) is 7.04. The molecule has 0 aliphatic carbocycles. The average Bonchev–Trinajstić information content (AvgIpc) is 2.78. The Morgan fingerprint density at radius 2 is 2.06 bits per heavy atom. The lowest BCUT2D eigenvalue weighted by atomic mass is 10.2. The summed E-state index contributed by atoms with van der Waals surface area (Å²) in [5.41, 5.74) is 6.80. The SMILES string of the molecule is Nc1cccc(CS(=O)(=O)NCc2ccco2)c1. The molecule has 0 saturated carbocycles. The third-order valence-electron chi connectivity index (χ3n) is 2.35. The zero-order valence-electron chi connectivity index (χ0n) is 9.67. The van der Waals surface area contributed by atoms with Crippen LogP contribution in [0.2, 0.25) is 0 Å². The molecule has 18 heavy (non-hydrogen) atoms. The summed E-state index contributed by atoms with van der Waals surface area (Å²) in [4.78, 5) is 0. The molecule has 0 fully saturated rings. The topological polar surface area (TPSA) is 85.3 Å². The molecule has 5 nitrogen and oxygen atoms in total. The number of nitrogens with two attached hydrogens (primary N) is 1. The van der Waals surface area contributed by atoms with Gasteiger partial charge in [-0.1, -0.05) is 12.1 Å². The Morgan fingerprint density at radius 1 is 1.22 bits per heavy atom. The van der Waals surface area contributed by atoms with Gasteiger partial charge in [0.05, 0.1) is 18.6 Å². The van der Waals surface area contributed by atoms with Crippen molar-refractivity contribution in [3.63, 3.8) is 0 Å². The lowest BCUT2D eigenvalue weighted by Crippen LogP contribution is -2.24. The molecule has 1 heterocycles. The molecule has 2 rings (SSSR count). The Kier molecular flexibility index (Phi) is 3.69. The van der Waals surface area contributed by atoms with Crippen LogP contribution in [-0.2, 0) is 22.3 Å². The lowest BCUT2D eigenvalue weighted by Gasteiger charge is -2.06. The molecule has 1 aromatic heterocycles. The van der Waals surface area contributed by atoms with E-state index in [2.05, 4.69) is 4.72 Å². The largest absolute Gasteiger partial charge is 0.468 e. The maximum atomic E-state index is 11.8. The van der Waals surface area contributed by atoms with Crippen LogP contribution in [0.1, 0.15) is 11.3 Å². The number of hydrogen-bond donors (Lipinski definition) is 2. The number of benzene rings is 1. The molecule has 0 aliphatic rings. The second kappa shape index (κ2) is 5.24. The predicted octanol–water partition coefficient (Wildman–Crippen LogP) is 1.48. The van der Waals surface area contributed by atoms with Crippen molar-refractivity contribution in [2.75, 3.05) is 5.73 Å². The predicted molar refractivity (Wildman–Crippen MR) is 69.0 cm³/mol. The highest BCUT2D eigenvalue weighted by molar-refractivity contribution is 7.88. The molecule has 2 aromatic rings. The molecule has 0 unspecified atom stereocenters. The minimum atomic E-state index is -3.39. The van der Waals surface area contributed by atoms with Gasteiger partial charge < -0.3 is 10.2 Å². The molecule has 0 radical (unpaired) electrons. The van der Waals surface area contributed by atoms with Crippen molar-refractivity contribution in [2.45, 2.75) is 12.3 Å². The first-order chi connectivity index (χ1) is 8.55. The summed E-state index contributed by atoms with van der Waals surface area (Å²) in [7, 11) is -3.39. The minimum absolute atomic E-state index is 0.0985. The smallest absolute Gasteiger partial charge is 0.216 e. The zero-order valence-corrected chi connectivity index (χ0v) is 10.5. The van der Waals surface area contributed by atoms with E-state index >= 15 is 0 Å². The third kappa shape index (κ3) is 3.61. The van der Waals surface area contributed by atoms with Crippen molar-refractivity contribution < 1.29 is 12.8 Å². The van der Waals surface area contributed by atoms with Gasteiger partial charge in [-0.15, -0.1) is 0 Å². The number of furan rings is 1. The van der Waals surface area contributed by atoms with Crippen LogP contribution < -0.4 is 10.5 Å². The van der Waals surface area contributed by atoms with E-state index in [0.717, 1.165) is 0 Å². The summed E-state index contributed by atoms with van der Waals surface area (Å²) < 4.78 is 31.1. The highest BCUT2D eigenvalue weighted by Gasteiger charge is 2.12. The molecule has 0 atom stereocenters. The van der Waals surface area contributed by atoms with Gasteiger partial charge in [-0.2, -0.15) is 0 Å². The van der Waals surface area contributed by atoms with Crippen LogP contribution in [0, 0.1) is 0 Å². The Hall–Kier alpha value is -1.79. The number of sulfonamides is 1. The van der Waals surface area contributed by atoms with E-state index in [4.69, 9.17) is 10.2 Å². The fourth-order valence-electron chi connectivity index (χ4n) is 1.55. The second-order valence-electron chi connectivity index (χ2n) is 3.90. The molecule has 0 bridgehead atoms. The van der Waals surface area contributed by atoms with Gasteiger partial charge in [0, 0.05) is 5.69 Å². The monoisotopic (exact) mass is 266 g/mol. The van der Waals surface area contributed by atoms with Crippen molar-refractivity contribution in [1.29, 1.82) is 0 Å². The normalized spacial score (nSPS) is 11.6. The maximum Gasteiger partial charge on any atom is 0.216 e. The molecule has 1 aromatic carbocycles. The molecular formula is C12H14N2O3S. The quantitative estimate of drug-likeness (QED) is 0.803. The molecule has 0 spiro atoms. The van der Waals surface area contributed by atoms with Gasteiger partial charge in [0.2, 0.25) is 10.0 Å². The molecule has 0 saturated heterocycles. The summed E-state index contributed by atoms with van der Waals surface area (Å²) in [6.07, 6.45) is 1.50. The molecule has 96 valence electrons. The minimum Gasteiger partial charge on any atom is -0.468 e. The first-order valence-electron chi connectivity index (χ1n) is 5.39. The van der Waals surface area contributed by atoms with E-state index in [-0.39, 0.29) is 12.3 Å². The Balaban J connectivity index is 1.99. The molecule has 0 amide bonds. The van der Waals surface area contributed by atoms with E-state index in [1.165, 1.54) is 6.26 Å². The van der Waals surface area contributed by atoms with Gasteiger partial charge in [0.15, 0.2) is 0 Å². The average molecular weight is 266 g/mol.